The highest BCUT2D eigenvalue weighted by Gasteiger charge is 2.18. The Morgan fingerprint density at radius 1 is 1.36 bits per heavy atom. The maximum atomic E-state index is 10.9. The number of nitrogens with two attached hydrogens (primary N) is 2. The molecule has 0 aromatic rings. The Bertz CT molecular complexity index is 240. The summed E-state index contributed by atoms with van der Waals surface area (Å²) in [5.74, 6) is -2.92. The van der Waals surface area contributed by atoms with Crippen LogP contribution in [0, 0.1) is 0 Å². The van der Waals surface area contributed by atoms with Crippen molar-refractivity contribution in [1.82, 2.24) is 0 Å². The molecule has 1 unspecified atom stereocenters. The summed E-state index contributed by atoms with van der Waals surface area (Å²) in [6.45, 7) is -0.419. The molecular weight excluding hydrogens is 192 g/mol. The molecule has 0 aliphatic carbocycles. The Morgan fingerprint density at radius 2 is 1.93 bits per heavy atom. The third-order valence-corrected chi connectivity index (χ3v) is 1.35. The third kappa shape index (κ3) is 5.22. The van der Waals surface area contributed by atoms with E-state index >= 15 is 0 Å². The van der Waals surface area contributed by atoms with Gasteiger partial charge in [-0.1, -0.05) is 0 Å². The average molecular weight is 204 g/mol. The molecule has 0 amide bonds. The zero-order valence-corrected chi connectivity index (χ0v) is 7.43. The Balaban J connectivity index is 3.87. The molecule has 1 atom stereocenters. The molecule has 0 aromatic heterocycles. The number of aliphatic carboxylic acids is 1. The minimum atomic E-state index is -1.11. The molecule has 80 valence electrons. The van der Waals surface area contributed by atoms with E-state index in [2.05, 4.69) is 4.74 Å². The normalized spacial score (nSPS) is 11.9. The lowest BCUT2D eigenvalue weighted by Gasteiger charge is -2.07. The molecule has 7 nitrogen and oxygen atoms in total. The van der Waals surface area contributed by atoms with E-state index in [-0.39, 0.29) is 12.8 Å². The van der Waals surface area contributed by atoms with Gasteiger partial charge in [0.1, 0.15) is 6.04 Å². The number of carbonyl (C=O) groups is 3. The second-order valence-corrected chi connectivity index (χ2v) is 2.54. The number of esters is 2. The predicted molar refractivity (Wildman–Crippen MR) is 45.0 cm³/mol. The molecular formula is C7H12N2O5. The van der Waals surface area contributed by atoms with Crippen LogP contribution in [0.1, 0.15) is 12.8 Å². The number of carbonyl (C=O) groups excluding carboxylic acids is 2. The highest BCUT2D eigenvalue weighted by atomic mass is 16.6. The van der Waals surface area contributed by atoms with Crippen molar-refractivity contribution in [1.29, 1.82) is 0 Å². The molecule has 0 aromatic carbocycles. The Hall–Kier alpha value is -1.47. The zero-order valence-electron chi connectivity index (χ0n) is 7.43. The number of hydrogen-bond acceptors (Lipinski definition) is 6. The molecule has 0 fully saturated rings. The molecule has 0 saturated carbocycles. The van der Waals surface area contributed by atoms with Gasteiger partial charge in [0.15, 0.2) is 0 Å². The van der Waals surface area contributed by atoms with E-state index in [0.29, 0.717) is 0 Å². The van der Waals surface area contributed by atoms with Crippen LogP contribution in [0.5, 0.6) is 0 Å². The zero-order chi connectivity index (χ0) is 11.1. The van der Waals surface area contributed by atoms with Crippen LogP contribution in [0.4, 0.5) is 0 Å². The van der Waals surface area contributed by atoms with Gasteiger partial charge in [0.05, 0.1) is 6.54 Å². The van der Waals surface area contributed by atoms with Crippen LogP contribution in [-0.4, -0.2) is 35.6 Å². The van der Waals surface area contributed by atoms with Gasteiger partial charge in [-0.05, 0) is 6.42 Å². The summed E-state index contributed by atoms with van der Waals surface area (Å²) in [5, 5.41) is 8.28. The van der Waals surface area contributed by atoms with Crippen LogP contribution < -0.4 is 11.5 Å². The van der Waals surface area contributed by atoms with Crippen LogP contribution in [-0.2, 0) is 19.1 Å². The van der Waals surface area contributed by atoms with E-state index in [1.54, 1.807) is 0 Å². The van der Waals surface area contributed by atoms with Crippen molar-refractivity contribution in [2.75, 3.05) is 6.54 Å². The molecule has 0 saturated heterocycles. The van der Waals surface area contributed by atoms with Gasteiger partial charge in [0, 0.05) is 6.42 Å². The molecule has 0 aliphatic heterocycles. The van der Waals surface area contributed by atoms with Crippen molar-refractivity contribution >= 4 is 17.9 Å². The molecule has 0 rings (SSSR count). The first kappa shape index (κ1) is 12.5. The number of carboxylic acid groups (broad SMARTS) is 1. The predicted octanol–water partition coefficient (Wildman–Crippen LogP) is -1.79. The molecule has 14 heavy (non-hydrogen) atoms. The fraction of sp³-hybridized carbons (Fsp3) is 0.571. The second kappa shape index (κ2) is 6.06. The van der Waals surface area contributed by atoms with E-state index in [1.165, 1.54) is 0 Å². The number of ether oxygens (including phenoxy) is 1. The maximum Gasteiger partial charge on any atom is 0.330 e. The van der Waals surface area contributed by atoms with E-state index in [0.717, 1.165) is 0 Å². The van der Waals surface area contributed by atoms with Crippen molar-refractivity contribution in [3.05, 3.63) is 0 Å². The first-order chi connectivity index (χ1) is 6.47. The molecule has 0 radical (unpaired) electrons. The van der Waals surface area contributed by atoms with Crippen LogP contribution in [0.15, 0.2) is 0 Å². The standard InChI is InChI=1S/C7H12N2O5/c8-3-6(12)14-7(13)4(9)1-2-5(10)11/h4H,1-3,8-9H2,(H,10,11). The third-order valence-electron chi connectivity index (χ3n) is 1.35. The van der Waals surface area contributed by atoms with Crippen molar-refractivity contribution in [2.45, 2.75) is 18.9 Å². The maximum absolute atomic E-state index is 10.9. The van der Waals surface area contributed by atoms with Gasteiger partial charge in [-0.15, -0.1) is 0 Å². The Kier molecular flexibility index (Phi) is 5.42. The van der Waals surface area contributed by atoms with E-state index in [9.17, 15) is 14.4 Å². The summed E-state index contributed by atoms with van der Waals surface area (Å²) in [7, 11) is 0. The van der Waals surface area contributed by atoms with Crippen molar-refractivity contribution in [2.24, 2.45) is 11.5 Å². The smallest absolute Gasteiger partial charge is 0.330 e. The SMILES string of the molecule is NCC(=O)OC(=O)C(N)CCC(=O)O. The summed E-state index contributed by atoms with van der Waals surface area (Å²) in [6.07, 6.45) is -0.334. The fourth-order valence-corrected chi connectivity index (χ4v) is 0.626. The van der Waals surface area contributed by atoms with Crippen molar-refractivity contribution < 1.29 is 24.2 Å². The Labute approximate surface area is 80.0 Å². The molecule has 5 N–H and O–H groups in total. The van der Waals surface area contributed by atoms with Crippen LogP contribution >= 0.6 is 0 Å². The van der Waals surface area contributed by atoms with Gasteiger partial charge in [0.25, 0.3) is 0 Å². The van der Waals surface area contributed by atoms with Crippen molar-refractivity contribution in [3.63, 3.8) is 0 Å². The van der Waals surface area contributed by atoms with Gasteiger partial charge in [-0.2, -0.15) is 0 Å². The quantitative estimate of drug-likeness (QED) is 0.355. The Morgan fingerprint density at radius 3 is 2.36 bits per heavy atom. The average Bonchev–Trinajstić information content (AvgIpc) is 2.13. The molecule has 0 spiro atoms. The largest absolute Gasteiger partial charge is 0.481 e. The monoisotopic (exact) mass is 204 g/mol. The minimum absolute atomic E-state index is 0.0774. The first-order valence-electron chi connectivity index (χ1n) is 3.89. The topological polar surface area (TPSA) is 133 Å². The molecule has 0 heterocycles. The minimum Gasteiger partial charge on any atom is -0.481 e. The second-order valence-electron chi connectivity index (χ2n) is 2.54. The van der Waals surface area contributed by atoms with E-state index < -0.39 is 30.5 Å². The van der Waals surface area contributed by atoms with Crippen LogP contribution in [0.3, 0.4) is 0 Å². The number of hydrogen-bond donors (Lipinski definition) is 3. The molecule has 0 bridgehead atoms. The van der Waals surface area contributed by atoms with Crippen LogP contribution in [0.25, 0.3) is 0 Å². The lowest BCUT2D eigenvalue weighted by molar-refractivity contribution is -0.159. The summed E-state index contributed by atoms with van der Waals surface area (Å²) in [6, 6.07) is -1.11. The highest BCUT2D eigenvalue weighted by Crippen LogP contribution is 1.97. The lowest BCUT2D eigenvalue weighted by atomic mass is 10.2. The van der Waals surface area contributed by atoms with Crippen LogP contribution in [0.2, 0.25) is 0 Å². The summed E-state index contributed by atoms with van der Waals surface area (Å²) in [4.78, 5) is 31.5. The summed E-state index contributed by atoms with van der Waals surface area (Å²) in [5.41, 5.74) is 10.1. The molecule has 0 aliphatic rings. The van der Waals surface area contributed by atoms with Gasteiger partial charge < -0.3 is 21.3 Å². The summed E-state index contributed by atoms with van der Waals surface area (Å²) >= 11 is 0. The number of rotatable bonds is 5. The summed E-state index contributed by atoms with van der Waals surface area (Å²) < 4.78 is 4.17. The first-order valence-corrected chi connectivity index (χ1v) is 3.89. The lowest BCUT2D eigenvalue weighted by Crippen LogP contribution is -2.35. The van der Waals surface area contributed by atoms with Gasteiger partial charge in [-0.3, -0.25) is 9.59 Å². The van der Waals surface area contributed by atoms with E-state index in [4.69, 9.17) is 16.6 Å². The van der Waals surface area contributed by atoms with Gasteiger partial charge >= 0.3 is 17.9 Å². The van der Waals surface area contributed by atoms with E-state index in [1.807, 2.05) is 0 Å². The highest BCUT2D eigenvalue weighted by molar-refractivity contribution is 5.89. The fourth-order valence-electron chi connectivity index (χ4n) is 0.626. The number of carboxylic acids is 1. The van der Waals surface area contributed by atoms with Crippen molar-refractivity contribution in [3.8, 4) is 0 Å². The van der Waals surface area contributed by atoms with Gasteiger partial charge in [-0.25, -0.2) is 4.79 Å². The molecule has 7 heteroatoms. The van der Waals surface area contributed by atoms with Gasteiger partial charge in [0.2, 0.25) is 0 Å².